The van der Waals surface area contributed by atoms with Gasteiger partial charge in [-0.25, -0.2) is 0 Å². The van der Waals surface area contributed by atoms with Gasteiger partial charge >= 0.3 is 12.1 Å². The lowest BCUT2D eigenvalue weighted by Crippen LogP contribution is -2.28. The lowest BCUT2D eigenvalue weighted by atomic mass is 10.1. The molecule has 0 atom stereocenters. The molecule has 1 aromatic heterocycles. The van der Waals surface area contributed by atoms with Crippen molar-refractivity contribution in [2.24, 2.45) is 5.16 Å². The standard InChI is InChI=1S/C20H16ClF3N4O3/c1-12(27-30-11-13-2-8-16(21)9-3-13)10-25-18(29)15-6-4-14(5-7-15)17-26-19(31-28-17)20(22,23)24/h2-9H,10-11H2,1H3,(H,25,29). The molecule has 7 nitrogen and oxygen atoms in total. The zero-order valence-corrected chi connectivity index (χ0v) is 16.9. The van der Waals surface area contributed by atoms with Gasteiger partial charge < -0.3 is 14.7 Å². The third-order valence-corrected chi connectivity index (χ3v) is 4.20. The Bertz CT molecular complexity index is 1060. The number of hydrogen-bond acceptors (Lipinski definition) is 6. The summed E-state index contributed by atoms with van der Waals surface area (Å²) in [6, 6.07) is 12.9. The highest BCUT2D eigenvalue weighted by Crippen LogP contribution is 2.29. The van der Waals surface area contributed by atoms with Crippen LogP contribution in [0, 0.1) is 0 Å². The summed E-state index contributed by atoms with van der Waals surface area (Å²) in [5, 5.41) is 10.5. The first kappa shape index (κ1) is 22.3. The van der Waals surface area contributed by atoms with Crippen LogP contribution in [0.25, 0.3) is 11.4 Å². The van der Waals surface area contributed by atoms with Crippen molar-refractivity contribution in [2.75, 3.05) is 6.54 Å². The number of nitrogens with zero attached hydrogens (tertiary/aromatic N) is 3. The predicted octanol–water partition coefficient (Wildman–Crippen LogP) is 4.73. The maximum Gasteiger partial charge on any atom is 0.471 e. The number of oxime groups is 1. The topological polar surface area (TPSA) is 89.6 Å². The van der Waals surface area contributed by atoms with Crippen LogP contribution in [0.5, 0.6) is 0 Å². The fraction of sp³-hybridized carbons (Fsp3) is 0.200. The zero-order valence-electron chi connectivity index (χ0n) is 16.1. The molecule has 1 amide bonds. The summed E-state index contributed by atoms with van der Waals surface area (Å²) in [6.07, 6.45) is -4.72. The van der Waals surface area contributed by atoms with Crippen LogP contribution in [0.3, 0.4) is 0 Å². The number of rotatable bonds is 7. The molecule has 0 aliphatic carbocycles. The number of amides is 1. The molecule has 162 valence electrons. The first-order chi connectivity index (χ1) is 14.7. The van der Waals surface area contributed by atoms with Crippen LogP contribution in [0.15, 0.2) is 58.2 Å². The van der Waals surface area contributed by atoms with E-state index in [-0.39, 0.29) is 30.4 Å². The summed E-state index contributed by atoms with van der Waals surface area (Å²) in [4.78, 5) is 20.8. The Morgan fingerprint density at radius 2 is 1.84 bits per heavy atom. The molecule has 0 bridgehead atoms. The quantitative estimate of drug-likeness (QED) is 0.413. The van der Waals surface area contributed by atoms with Crippen molar-refractivity contribution in [1.82, 2.24) is 15.5 Å². The van der Waals surface area contributed by atoms with Crippen molar-refractivity contribution >= 4 is 23.2 Å². The number of benzene rings is 2. The second-order valence-corrected chi connectivity index (χ2v) is 6.84. The van der Waals surface area contributed by atoms with E-state index in [1.165, 1.54) is 24.3 Å². The molecule has 0 unspecified atom stereocenters. The Morgan fingerprint density at radius 3 is 2.45 bits per heavy atom. The van der Waals surface area contributed by atoms with Crippen LogP contribution in [0.2, 0.25) is 5.02 Å². The Kier molecular flexibility index (Phi) is 6.91. The van der Waals surface area contributed by atoms with Crippen molar-refractivity contribution in [3.8, 4) is 11.4 Å². The molecule has 31 heavy (non-hydrogen) atoms. The summed E-state index contributed by atoms with van der Waals surface area (Å²) in [5.41, 5.74) is 2.03. The van der Waals surface area contributed by atoms with E-state index in [9.17, 15) is 18.0 Å². The average Bonchev–Trinajstić information content (AvgIpc) is 3.24. The second-order valence-electron chi connectivity index (χ2n) is 6.41. The van der Waals surface area contributed by atoms with Gasteiger partial charge in [0.15, 0.2) is 0 Å². The number of halogens is 4. The van der Waals surface area contributed by atoms with Crippen LogP contribution in [-0.2, 0) is 17.6 Å². The van der Waals surface area contributed by atoms with E-state index in [1.54, 1.807) is 19.1 Å². The van der Waals surface area contributed by atoms with Gasteiger partial charge in [0.05, 0.1) is 12.3 Å². The third kappa shape index (κ3) is 6.29. The molecule has 1 heterocycles. The van der Waals surface area contributed by atoms with E-state index in [1.807, 2.05) is 12.1 Å². The molecule has 11 heteroatoms. The fourth-order valence-corrected chi connectivity index (χ4v) is 2.49. The number of nitrogens with one attached hydrogen (secondary N) is 1. The molecule has 0 spiro atoms. The van der Waals surface area contributed by atoms with Gasteiger partial charge in [-0.1, -0.05) is 46.2 Å². The highest BCUT2D eigenvalue weighted by Gasteiger charge is 2.38. The maximum atomic E-state index is 12.5. The molecule has 0 fully saturated rings. The molecule has 0 radical (unpaired) electrons. The Morgan fingerprint density at radius 1 is 1.16 bits per heavy atom. The molecule has 1 N–H and O–H groups in total. The van der Waals surface area contributed by atoms with Gasteiger partial charge in [0.2, 0.25) is 5.82 Å². The monoisotopic (exact) mass is 452 g/mol. The van der Waals surface area contributed by atoms with E-state index in [4.69, 9.17) is 16.4 Å². The second kappa shape index (κ2) is 9.61. The molecule has 0 aliphatic rings. The average molecular weight is 453 g/mol. The number of carbonyl (C=O) groups excluding carboxylic acids is 1. The lowest BCUT2D eigenvalue weighted by molar-refractivity contribution is -0.159. The van der Waals surface area contributed by atoms with Crippen LogP contribution in [0.1, 0.15) is 28.7 Å². The normalized spacial score (nSPS) is 12.0. The largest absolute Gasteiger partial charge is 0.471 e. The molecule has 0 saturated heterocycles. The highest BCUT2D eigenvalue weighted by atomic mass is 35.5. The van der Waals surface area contributed by atoms with Crippen molar-refractivity contribution < 1.29 is 27.3 Å². The maximum absolute atomic E-state index is 12.5. The SMILES string of the molecule is CC(CNC(=O)c1ccc(-c2noc(C(F)(F)F)n2)cc1)=NOCc1ccc(Cl)cc1. The summed E-state index contributed by atoms with van der Waals surface area (Å²) in [6.45, 7) is 2.11. The number of hydrogen-bond donors (Lipinski definition) is 1. The Hall–Kier alpha value is -3.40. The Balaban J connectivity index is 1.51. The molecule has 2 aromatic carbocycles. The lowest BCUT2D eigenvalue weighted by Gasteiger charge is -2.06. The van der Waals surface area contributed by atoms with Crippen LogP contribution < -0.4 is 5.32 Å². The van der Waals surface area contributed by atoms with Crippen molar-refractivity contribution in [2.45, 2.75) is 19.7 Å². The summed E-state index contributed by atoms with van der Waals surface area (Å²) < 4.78 is 41.8. The van der Waals surface area contributed by atoms with Crippen molar-refractivity contribution in [1.29, 1.82) is 0 Å². The molecule has 3 rings (SSSR count). The van der Waals surface area contributed by atoms with Crippen molar-refractivity contribution in [3.05, 3.63) is 70.6 Å². The minimum Gasteiger partial charge on any atom is -0.391 e. The number of carbonyl (C=O) groups is 1. The van der Waals surface area contributed by atoms with Gasteiger partial charge in [-0.2, -0.15) is 18.2 Å². The van der Waals surface area contributed by atoms with E-state index < -0.39 is 12.1 Å². The zero-order chi connectivity index (χ0) is 22.4. The van der Waals surface area contributed by atoms with Gasteiger partial charge in [0, 0.05) is 16.1 Å². The molecular formula is C20H16ClF3N4O3. The van der Waals surface area contributed by atoms with Crippen LogP contribution >= 0.6 is 11.6 Å². The number of alkyl halides is 3. The molecule has 3 aromatic rings. The van der Waals surface area contributed by atoms with E-state index >= 15 is 0 Å². The van der Waals surface area contributed by atoms with Crippen LogP contribution in [0.4, 0.5) is 13.2 Å². The van der Waals surface area contributed by atoms with Crippen LogP contribution in [-0.4, -0.2) is 28.3 Å². The summed E-state index contributed by atoms with van der Waals surface area (Å²) >= 11 is 5.81. The minimum atomic E-state index is -4.72. The molecule has 0 aliphatic heterocycles. The van der Waals surface area contributed by atoms with E-state index in [2.05, 4.69) is 25.1 Å². The third-order valence-electron chi connectivity index (χ3n) is 3.94. The Labute approximate surface area is 179 Å². The molecular weight excluding hydrogens is 437 g/mol. The number of aromatic nitrogens is 2. The van der Waals surface area contributed by atoms with E-state index in [0.717, 1.165) is 5.56 Å². The smallest absolute Gasteiger partial charge is 0.391 e. The first-order valence-corrected chi connectivity index (χ1v) is 9.29. The first-order valence-electron chi connectivity index (χ1n) is 8.92. The van der Waals surface area contributed by atoms with Gasteiger partial charge in [0.1, 0.15) is 6.61 Å². The summed E-state index contributed by atoms with van der Waals surface area (Å²) in [7, 11) is 0. The van der Waals surface area contributed by atoms with Gasteiger partial charge in [-0.15, -0.1) is 0 Å². The summed E-state index contributed by atoms with van der Waals surface area (Å²) in [5.74, 6) is -2.04. The highest BCUT2D eigenvalue weighted by molar-refractivity contribution is 6.30. The van der Waals surface area contributed by atoms with E-state index in [0.29, 0.717) is 16.3 Å². The fourth-order valence-electron chi connectivity index (χ4n) is 2.37. The van der Waals surface area contributed by atoms with Gasteiger partial charge in [-0.05, 0) is 36.8 Å². The molecule has 0 saturated carbocycles. The predicted molar refractivity (Wildman–Crippen MR) is 106 cm³/mol. The van der Waals surface area contributed by atoms with Gasteiger partial charge in [0.25, 0.3) is 5.91 Å². The van der Waals surface area contributed by atoms with Gasteiger partial charge in [-0.3, -0.25) is 4.79 Å². The van der Waals surface area contributed by atoms with Crippen molar-refractivity contribution in [3.63, 3.8) is 0 Å². The minimum absolute atomic E-state index is 0.154.